The number of pyridine rings is 1. The van der Waals surface area contributed by atoms with E-state index in [-0.39, 0.29) is 5.91 Å². The largest absolute Gasteiger partial charge is 0.345 e. The lowest BCUT2D eigenvalue weighted by Crippen LogP contribution is -2.22. The number of carbonyl (C=O) groups is 1. The number of imidazole rings is 1. The van der Waals surface area contributed by atoms with E-state index in [1.54, 1.807) is 31.4 Å². The second kappa shape index (κ2) is 8.10. The zero-order chi connectivity index (χ0) is 20.2. The van der Waals surface area contributed by atoms with E-state index in [9.17, 15) is 4.79 Å². The lowest BCUT2D eigenvalue weighted by molar-refractivity contribution is 0.0828. The molecule has 2 aromatic heterocycles. The topological polar surface area (TPSA) is 51.0 Å². The molecule has 0 atom stereocenters. The van der Waals surface area contributed by atoms with E-state index >= 15 is 0 Å². The third-order valence-corrected chi connectivity index (χ3v) is 4.79. The van der Waals surface area contributed by atoms with Crippen LogP contribution in [0.3, 0.4) is 0 Å². The van der Waals surface area contributed by atoms with Gasteiger partial charge in [0.15, 0.2) is 0 Å². The van der Waals surface area contributed by atoms with Crippen LogP contribution in [0.5, 0.6) is 0 Å². The Kier molecular flexibility index (Phi) is 5.20. The van der Waals surface area contributed by atoms with Gasteiger partial charge in [0.05, 0.1) is 12.2 Å². The molecule has 0 N–H and O–H groups in total. The van der Waals surface area contributed by atoms with Crippen LogP contribution in [0.15, 0.2) is 85.3 Å². The molecule has 0 bridgehead atoms. The van der Waals surface area contributed by atoms with Crippen molar-refractivity contribution in [3.05, 3.63) is 96.6 Å². The Labute approximate surface area is 170 Å². The molecule has 0 aliphatic carbocycles. The number of nitrogens with zero attached hydrogens (tertiary/aromatic N) is 4. The number of rotatable bonds is 5. The first-order valence-corrected chi connectivity index (χ1v) is 9.46. The Morgan fingerprint density at radius 3 is 2.31 bits per heavy atom. The maximum absolute atomic E-state index is 12.5. The number of benzene rings is 2. The molecule has 0 saturated heterocycles. The molecule has 4 rings (SSSR count). The molecular formula is C24H22N4O. The minimum atomic E-state index is -0.00409. The third kappa shape index (κ3) is 3.94. The van der Waals surface area contributed by atoms with Gasteiger partial charge in [-0.15, -0.1) is 0 Å². The van der Waals surface area contributed by atoms with Crippen molar-refractivity contribution in [3.8, 4) is 22.5 Å². The summed E-state index contributed by atoms with van der Waals surface area (Å²) in [5.74, 6) is 0.885. The first kappa shape index (κ1) is 18.6. The molecule has 144 valence electrons. The van der Waals surface area contributed by atoms with Crippen molar-refractivity contribution in [2.75, 3.05) is 14.1 Å². The Morgan fingerprint density at radius 1 is 0.862 bits per heavy atom. The van der Waals surface area contributed by atoms with Gasteiger partial charge in [-0.25, -0.2) is 4.98 Å². The number of amides is 1. The fourth-order valence-corrected chi connectivity index (χ4v) is 3.32. The van der Waals surface area contributed by atoms with Crippen LogP contribution >= 0.6 is 0 Å². The quantitative estimate of drug-likeness (QED) is 0.515. The third-order valence-electron chi connectivity index (χ3n) is 4.79. The minimum Gasteiger partial charge on any atom is -0.345 e. The predicted molar refractivity (Wildman–Crippen MR) is 114 cm³/mol. The van der Waals surface area contributed by atoms with E-state index in [1.165, 1.54) is 0 Å². The van der Waals surface area contributed by atoms with Crippen LogP contribution in [-0.4, -0.2) is 39.4 Å². The molecule has 4 aromatic rings. The van der Waals surface area contributed by atoms with Crippen LogP contribution in [-0.2, 0) is 6.54 Å². The van der Waals surface area contributed by atoms with Crippen LogP contribution in [0.25, 0.3) is 22.5 Å². The van der Waals surface area contributed by atoms with Gasteiger partial charge in [0.1, 0.15) is 5.82 Å². The number of hydrogen-bond acceptors (Lipinski definition) is 3. The van der Waals surface area contributed by atoms with Gasteiger partial charge in [-0.1, -0.05) is 48.5 Å². The summed E-state index contributed by atoms with van der Waals surface area (Å²) in [5, 5.41) is 0. The predicted octanol–water partition coefficient (Wildman–Crippen LogP) is 4.36. The zero-order valence-electron chi connectivity index (χ0n) is 16.5. The van der Waals surface area contributed by atoms with Gasteiger partial charge in [0.2, 0.25) is 0 Å². The van der Waals surface area contributed by atoms with Crippen molar-refractivity contribution in [1.29, 1.82) is 0 Å². The molecule has 0 saturated carbocycles. The molecular weight excluding hydrogens is 360 g/mol. The van der Waals surface area contributed by atoms with Gasteiger partial charge >= 0.3 is 0 Å². The van der Waals surface area contributed by atoms with Crippen LogP contribution in [0, 0.1) is 0 Å². The van der Waals surface area contributed by atoms with Crippen molar-refractivity contribution >= 4 is 5.91 Å². The van der Waals surface area contributed by atoms with E-state index in [0.29, 0.717) is 12.1 Å². The molecule has 5 nitrogen and oxygen atoms in total. The van der Waals surface area contributed by atoms with Gasteiger partial charge in [0.25, 0.3) is 5.91 Å². The number of aromatic nitrogens is 3. The molecule has 0 aliphatic rings. The average molecular weight is 382 g/mol. The van der Waals surface area contributed by atoms with Gasteiger partial charge in [-0.2, -0.15) is 0 Å². The SMILES string of the molecule is CN(C)C(=O)c1ccccc1-c1ccc(-c2nccn2Cc2ccccn2)cc1. The average Bonchev–Trinajstić information content (AvgIpc) is 3.22. The van der Waals surface area contributed by atoms with Crippen molar-refractivity contribution < 1.29 is 4.79 Å². The van der Waals surface area contributed by atoms with Crippen LogP contribution in [0.1, 0.15) is 16.1 Å². The molecule has 2 aromatic carbocycles. The summed E-state index contributed by atoms with van der Waals surface area (Å²) in [6.07, 6.45) is 5.56. The second-order valence-corrected chi connectivity index (χ2v) is 7.02. The Balaban J connectivity index is 1.64. The summed E-state index contributed by atoms with van der Waals surface area (Å²) in [4.78, 5) is 23.0. The van der Waals surface area contributed by atoms with E-state index in [0.717, 1.165) is 28.2 Å². The minimum absolute atomic E-state index is 0.00409. The summed E-state index contributed by atoms with van der Waals surface area (Å²) in [6.45, 7) is 0.665. The normalized spacial score (nSPS) is 10.7. The van der Waals surface area contributed by atoms with Gasteiger partial charge in [0, 0.05) is 43.8 Å². The molecule has 0 fully saturated rings. The van der Waals surface area contributed by atoms with E-state index < -0.39 is 0 Å². The molecule has 2 heterocycles. The van der Waals surface area contributed by atoms with Gasteiger partial charge in [-0.3, -0.25) is 9.78 Å². The van der Waals surface area contributed by atoms with Crippen LogP contribution in [0.4, 0.5) is 0 Å². The lowest BCUT2D eigenvalue weighted by atomic mass is 9.98. The molecule has 29 heavy (non-hydrogen) atoms. The highest BCUT2D eigenvalue weighted by Gasteiger charge is 2.14. The molecule has 5 heteroatoms. The van der Waals surface area contributed by atoms with Gasteiger partial charge in [-0.05, 0) is 29.3 Å². The molecule has 0 radical (unpaired) electrons. The summed E-state index contributed by atoms with van der Waals surface area (Å²) >= 11 is 0. The van der Waals surface area contributed by atoms with E-state index in [1.807, 2.05) is 72.9 Å². The lowest BCUT2D eigenvalue weighted by Gasteiger charge is -2.14. The standard InChI is InChI=1S/C24H22N4O/c1-27(2)24(29)22-9-4-3-8-21(22)18-10-12-19(13-11-18)23-26-15-16-28(23)17-20-7-5-6-14-25-20/h3-16H,17H2,1-2H3. The highest BCUT2D eigenvalue weighted by Crippen LogP contribution is 2.27. The first-order chi connectivity index (χ1) is 14.1. The number of hydrogen-bond donors (Lipinski definition) is 0. The number of carbonyl (C=O) groups excluding carboxylic acids is 1. The molecule has 0 spiro atoms. The Bertz CT molecular complexity index is 1120. The van der Waals surface area contributed by atoms with Crippen molar-refractivity contribution in [2.45, 2.75) is 6.54 Å². The van der Waals surface area contributed by atoms with Crippen molar-refractivity contribution in [1.82, 2.24) is 19.4 Å². The second-order valence-electron chi connectivity index (χ2n) is 7.02. The molecule has 0 aliphatic heterocycles. The van der Waals surface area contributed by atoms with Crippen molar-refractivity contribution in [3.63, 3.8) is 0 Å². The van der Waals surface area contributed by atoms with Crippen LogP contribution in [0.2, 0.25) is 0 Å². The fourth-order valence-electron chi connectivity index (χ4n) is 3.32. The molecule has 0 unspecified atom stereocenters. The fraction of sp³-hybridized carbons (Fsp3) is 0.125. The highest BCUT2D eigenvalue weighted by atomic mass is 16.2. The zero-order valence-corrected chi connectivity index (χ0v) is 16.5. The monoisotopic (exact) mass is 382 g/mol. The Morgan fingerprint density at radius 2 is 1.59 bits per heavy atom. The maximum Gasteiger partial charge on any atom is 0.253 e. The summed E-state index contributed by atoms with van der Waals surface area (Å²) in [7, 11) is 3.53. The van der Waals surface area contributed by atoms with E-state index in [4.69, 9.17) is 0 Å². The highest BCUT2D eigenvalue weighted by molar-refractivity contribution is 6.00. The maximum atomic E-state index is 12.5. The summed E-state index contributed by atoms with van der Waals surface area (Å²) < 4.78 is 2.08. The smallest absolute Gasteiger partial charge is 0.253 e. The first-order valence-electron chi connectivity index (χ1n) is 9.46. The van der Waals surface area contributed by atoms with E-state index in [2.05, 4.69) is 14.5 Å². The van der Waals surface area contributed by atoms with Crippen LogP contribution < -0.4 is 0 Å². The van der Waals surface area contributed by atoms with Crippen molar-refractivity contribution in [2.24, 2.45) is 0 Å². The Hall–Kier alpha value is -3.73. The summed E-state index contributed by atoms with van der Waals surface area (Å²) in [5.41, 5.74) is 4.63. The molecule has 1 amide bonds. The summed E-state index contributed by atoms with van der Waals surface area (Å²) in [6, 6.07) is 21.8. The van der Waals surface area contributed by atoms with Gasteiger partial charge < -0.3 is 9.47 Å².